The number of hydrogen-bond donors (Lipinski definition) is 1. The van der Waals surface area contributed by atoms with Crippen LogP contribution in [0.2, 0.25) is 5.02 Å². The van der Waals surface area contributed by atoms with Crippen molar-refractivity contribution in [1.82, 2.24) is 5.32 Å². The maximum atomic E-state index is 12.7. The van der Waals surface area contributed by atoms with Crippen LogP contribution in [0.4, 0.5) is 5.69 Å². The van der Waals surface area contributed by atoms with Gasteiger partial charge in [-0.2, -0.15) is 0 Å². The zero-order valence-electron chi connectivity index (χ0n) is 15.6. The number of halogens is 1. The number of ether oxygens (including phenoxy) is 1. The maximum absolute atomic E-state index is 12.7. The molecule has 0 atom stereocenters. The number of carbonyl (C=O) groups is 2. The number of benzene rings is 3. The van der Waals surface area contributed by atoms with Crippen LogP contribution in [0.25, 0.3) is 0 Å². The number of nitrogens with zero attached hydrogens (tertiary/aromatic N) is 1. The van der Waals surface area contributed by atoms with Crippen LogP contribution in [0.1, 0.15) is 21.5 Å². The summed E-state index contributed by atoms with van der Waals surface area (Å²) in [6, 6.07) is 22.2. The molecule has 1 aliphatic rings. The van der Waals surface area contributed by atoms with Gasteiger partial charge in [-0.1, -0.05) is 60.1 Å². The molecule has 0 saturated heterocycles. The lowest BCUT2D eigenvalue weighted by Crippen LogP contribution is -2.38. The highest BCUT2D eigenvalue weighted by Gasteiger charge is 2.26. The zero-order valence-corrected chi connectivity index (χ0v) is 16.4. The van der Waals surface area contributed by atoms with E-state index in [0.29, 0.717) is 35.1 Å². The monoisotopic (exact) mass is 406 g/mol. The van der Waals surface area contributed by atoms with E-state index in [1.54, 1.807) is 29.2 Å². The van der Waals surface area contributed by atoms with E-state index in [4.69, 9.17) is 16.3 Å². The van der Waals surface area contributed by atoms with E-state index in [-0.39, 0.29) is 18.4 Å². The number of amides is 2. The molecule has 6 heteroatoms. The van der Waals surface area contributed by atoms with Crippen molar-refractivity contribution in [1.29, 1.82) is 0 Å². The molecule has 0 spiro atoms. The summed E-state index contributed by atoms with van der Waals surface area (Å²) < 4.78 is 5.54. The molecule has 29 heavy (non-hydrogen) atoms. The average molecular weight is 407 g/mol. The largest absolute Gasteiger partial charge is 0.482 e. The van der Waals surface area contributed by atoms with Crippen LogP contribution < -0.4 is 15.0 Å². The first kappa shape index (κ1) is 19.0. The Labute approximate surface area is 173 Å². The van der Waals surface area contributed by atoms with Crippen molar-refractivity contribution in [3.63, 3.8) is 0 Å². The van der Waals surface area contributed by atoms with Crippen molar-refractivity contribution in [3.8, 4) is 5.75 Å². The second kappa shape index (κ2) is 8.37. The van der Waals surface area contributed by atoms with Crippen LogP contribution in [-0.4, -0.2) is 18.4 Å². The summed E-state index contributed by atoms with van der Waals surface area (Å²) in [4.78, 5) is 26.8. The first-order chi connectivity index (χ1) is 14.1. The predicted octanol–water partition coefficient (Wildman–Crippen LogP) is 4.20. The molecule has 0 radical (unpaired) electrons. The minimum atomic E-state index is -0.245. The van der Waals surface area contributed by atoms with E-state index in [1.807, 2.05) is 48.5 Å². The Balaban J connectivity index is 1.55. The molecule has 5 nitrogen and oxygen atoms in total. The number of nitrogens with one attached hydrogen (secondary N) is 1. The third-order valence-corrected chi connectivity index (χ3v) is 5.11. The molecule has 0 unspecified atom stereocenters. The molecule has 3 aromatic carbocycles. The fourth-order valence-electron chi connectivity index (χ4n) is 3.20. The Morgan fingerprint density at radius 2 is 1.79 bits per heavy atom. The summed E-state index contributed by atoms with van der Waals surface area (Å²) >= 11 is 6.15. The van der Waals surface area contributed by atoms with Gasteiger partial charge in [0.05, 0.1) is 12.2 Å². The molecule has 0 aliphatic carbocycles. The highest BCUT2D eigenvalue weighted by molar-refractivity contribution is 6.31. The highest BCUT2D eigenvalue weighted by atomic mass is 35.5. The molecule has 0 saturated carbocycles. The number of fused-ring (bicyclic) bond motifs is 1. The number of carbonyl (C=O) groups excluding carboxylic acids is 2. The van der Waals surface area contributed by atoms with Gasteiger partial charge in [0.2, 0.25) is 0 Å². The first-order valence-electron chi connectivity index (χ1n) is 9.24. The van der Waals surface area contributed by atoms with Crippen molar-refractivity contribution < 1.29 is 14.3 Å². The average Bonchev–Trinajstić information content (AvgIpc) is 2.75. The highest BCUT2D eigenvalue weighted by Crippen LogP contribution is 2.34. The van der Waals surface area contributed by atoms with Crippen molar-refractivity contribution in [3.05, 3.63) is 94.5 Å². The summed E-state index contributed by atoms with van der Waals surface area (Å²) in [7, 11) is 0. The van der Waals surface area contributed by atoms with Gasteiger partial charge in [-0.25, -0.2) is 0 Å². The molecule has 1 heterocycles. The molecule has 1 N–H and O–H groups in total. The normalized spacial score (nSPS) is 12.9. The summed E-state index contributed by atoms with van der Waals surface area (Å²) in [6.45, 7) is 0.720. The van der Waals surface area contributed by atoms with E-state index in [1.165, 1.54) is 0 Å². The van der Waals surface area contributed by atoms with Crippen LogP contribution >= 0.6 is 11.6 Å². The van der Waals surface area contributed by atoms with Gasteiger partial charge in [-0.3, -0.25) is 9.59 Å². The number of rotatable bonds is 5. The zero-order chi connectivity index (χ0) is 20.2. The minimum Gasteiger partial charge on any atom is -0.482 e. The van der Waals surface area contributed by atoms with Crippen molar-refractivity contribution in [2.75, 3.05) is 11.5 Å². The lowest BCUT2D eigenvalue weighted by atomic mass is 10.1. The molecule has 0 bridgehead atoms. The van der Waals surface area contributed by atoms with E-state index >= 15 is 0 Å². The van der Waals surface area contributed by atoms with Gasteiger partial charge in [-0.05, 0) is 35.4 Å². The fourth-order valence-corrected chi connectivity index (χ4v) is 3.40. The fraction of sp³-hybridized carbons (Fsp3) is 0.130. The number of anilines is 1. The third kappa shape index (κ3) is 4.25. The molecule has 0 fully saturated rings. The van der Waals surface area contributed by atoms with Crippen molar-refractivity contribution in [2.45, 2.75) is 13.1 Å². The molecular formula is C23H19ClN2O3. The second-order valence-corrected chi connectivity index (χ2v) is 7.12. The van der Waals surface area contributed by atoms with E-state index in [0.717, 1.165) is 11.1 Å². The standard InChI is InChI=1S/C23H19ClN2O3/c24-19-9-5-4-8-18(19)13-25-23(28)17-10-11-21-20(12-17)26(22(27)15-29-21)14-16-6-2-1-3-7-16/h1-12H,13-15H2,(H,25,28). The van der Waals surface area contributed by atoms with Gasteiger partial charge in [-0.15, -0.1) is 0 Å². The minimum absolute atomic E-state index is 0.0160. The van der Waals surface area contributed by atoms with Crippen LogP contribution in [0.3, 0.4) is 0 Å². The predicted molar refractivity (Wildman–Crippen MR) is 112 cm³/mol. The number of hydrogen-bond acceptors (Lipinski definition) is 3. The summed E-state index contributed by atoms with van der Waals surface area (Å²) in [5, 5.41) is 3.47. The van der Waals surface area contributed by atoms with Gasteiger partial charge in [0.25, 0.3) is 11.8 Å². The molecule has 146 valence electrons. The lowest BCUT2D eigenvalue weighted by Gasteiger charge is -2.29. The summed E-state index contributed by atoms with van der Waals surface area (Å²) in [6.07, 6.45) is 0. The van der Waals surface area contributed by atoms with Crippen molar-refractivity contribution >= 4 is 29.1 Å². The smallest absolute Gasteiger partial charge is 0.265 e. The Morgan fingerprint density at radius 3 is 2.59 bits per heavy atom. The molecule has 0 aromatic heterocycles. The maximum Gasteiger partial charge on any atom is 0.265 e. The van der Waals surface area contributed by atoms with Crippen LogP contribution in [0.15, 0.2) is 72.8 Å². The molecule has 2 amide bonds. The topological polar surface area (TPSA) is 58.6 Å². The lowest BCUT2D eigenvalue weighted by molar-refractivity contribution is -0.121. The second-order valence-electron chi connectivity index (χ2n) is 6.71. The van der Waals surface area contributed by atoms with E-state index < -0.39 is 0 Å². The quantitative estimate of drug-likeness (QED) is 0.691. The Kier molecular flexibility index (Phi) is 5.49. The van der Waals surface area contributed by atoms with Crippen LogP contribution in [-0.2, 0) is 17.9 Å². The molecule has 1 aliphatic heterocycles. The van der Waals surface area contributed by atoms with Gasteiger partial charge in [0, 0.05) is 17.1 Å². The van der Waals surface area contributed by atoms with E-state index in [9.17, 15) is 9.59 Å². The van der Waals surface area contributed by atoms with Gasteiger partial charge >= 0.3 is 0 Å². The van der Waals surface area contributed by atoms with Crippen LogP contribution in [0.5, 0.6) is 5.75 Å². The molecule has 4 rings (SSSR count). The summed E-state index contributed by atoms with van der Waals surface area (Å²) in [5.41, 5.74) is 2.88. The van der Waals surface area contributed by atoms with Crippen molar-refractivity contribution in [2.24, 2.45) is 0 Å². The molecular weight excluding hydrogens is 388 g/mol. The Hall–Kier alpha value is -3.31. The Bertz CT molecular complexity index is 1050. The summed E-state index contributed by atoms with van der Waals surface area (Å²) in [5.74, 6) is 0.198. The van der Waals surface area contributed by atoms with E-state index in [2.05, 4.69) is 5.32 Å². The van der Waals surface area contributed by atoms with Gasteiger partial charge in [0.1, 0.15) is 5.75 Å². The Morgan fingerprint density at radius 1 is 1.03 bits per heavy atom. The van der Waals surface area contributed by atoms with Gasteiger partial charge in [0.15, 0.2) is 6.61 Å². The molecule has 3 aromatic rings. The SMILES string of the molecule is O=C(NCc1ccccc1Cl)c1ccc2c(c1)N(Cc1ccccc1)C(=O)CO2. The van der Waals surface area contributed by atoms with Gasteiger partial charge < -0.3 is 15.0 Å². The third-order valence-electron chi connectivity index (χ3n) is 4.74. The first-order valence-corrected chi connectivity index (χ1v) is 9.62. The van der Waals surface area contributed by atoms with Crippen LogP contribution in [0, 0.1) is 0 Å².